The first kappa shape index (κ1) is 10.0. The number of hydrogen-bond donors (Lipinski definition) is 1. The van der Waals surface area contributed by atoms with Gasteiger partial charge in [-0.3, -0.25) is 4.79 Å². The average Bonchev–Trinajstić information content (AvgIpc) is 2.46. The van der Waals surface area contributed by atoms with E-state index in [1.807, 2.05) is 6.07 Å². The van der Waals surface area contributed by atoms with Crippen molar-refractivity contribution >= 4 is 33.8 Å². The van der Waals surface area contributed by atoms with Crippen LogP contribution >= 0.6 is 22.9 Å². The van der Waals surface area contributed by atoms with Crippen LogP contribution in [0.15, 0.2) is 5.38 Å². The first-order chi connectivity index (χ1) is 6.19. The maximum atomic E-state index is 11.0. The van der Waals surface area contributed by atoms with Gasteiger partial charge in [0.25, 0.3) is 0 Å². The van der Waals surface area contributed by atoms with Gasteiger partial charge in [-0.25, -0.2) is 0 Å². The molecular weight excluding hydrogens is 208 g/mol. The van der Waals surface area contributed by atoms with E-state index in [2.05, 4.69) is 5.32 Å². The summed E-state index contributed by atoms with van der Waals surface area (Å²) in [4.78, 5) is 11.0. The third-order valence-electron chi connectivity index (χ3n) is 1.43. The monoisotopic (exact) mass is 214 g/mol. The SMILES string of the molecule is CCC(=O)Nc1scc(Cl)c1C#N. The predicted octanol–water partition coefficient (Wildman–Crippen LogP) is 2.62. The van der Waals surface area contributed by atoms with Crippen molar-refractivity contribution in [2.75, 3.05) is 5.32 Å². The molecule has 1 heterocycles. The second-order valence-corrected chi connectivity index (χ2v) is 3.59. The summed E-state index contributed by atoms with van der Waals surface area (Å²) >= 11 is 6.97. The molecule has 0 aliphatic carbocycles. The van der Waals surface area contributed by atoms with E-state index in [4.69, 9.17) is 16.9 Å². The summed E-state index contributed by atoms with van der Waals surface area (Å²) in [7, 11) is 0. The third-order valence-corrected chi connectivity index (χ3v) is 2.75. The van der Waals surface area contributed by atoms with Crippen molar-refractivity contribution in [1.29, 1.82) is 5.26 Å². The smallest absolute Gasteiger partial charge is 0.224 e. The van der Waals surface area contributed by atoms with Crippen LogP contribution in [0.2, 0.25) is 5.02 Å². The van der Waals surface area contributed by atoms with Gasteiger partial charge in [0.1, 0.15) is 16.6 Å². The topological polar surface area (TPSA) is 52.9 Å². The van der Waals surface area contributed by atoms with Gasteiger partial charge in [-0.15, -0.1) is 11.3 Å². The van der Waals surface area contributed by atoms with E-state index in [1.54, 1.807) is 12.3 Å². The van der Waals surface area contributed by atoms with E-state index < -0.39 is 0 Å². The molecule has 0 saturated heterocycles. The van der Waals surface area contributed by atoms with E-state index in [9.17, 15) is 4.79 Å². The molecule has 0 aliphatic rings. The predicted molar refractivity (Wildman–Crippen MR) is 53.0 cm³/mol. The lowest BCUT2D eigenvalue weighted by Gasteiger charge is -1.98. The Bertz CT molecular complexity index is 367. The van der Waals surface area contributed by atoms with Crippen molar-refractivity contribution in [2.24, 2.45) is 0 Å². The van der Waals surface area contributed by atoms with Gasteiger partial charge in [-0.1, -0.05) is 18.5 Å². The molecule has 0 aliphatic heterocycles. The average molecular weight is 215 g/mol. The number of halogens is 1. The van der Waals surface area contributed by atoms with Crippen LogP contribution < -0.4 is 5.32 Å². The van der Waals surface area contributed by atoms with Gasteiger partial charge in [0.2, 0.25) is 5.91 Å². The summed E-state index contributed by atoms with van der Waals surface area (Å²) < 4.78 is 0. The van der Waals surface area contributed by atoms with Gasteiger partial charge < -0.3 is 5.32 Å². The molecule has 1 rings (SSSR count). The number of carbonyl (C=O) groups is 1. The Morgan fingerprint density at radius 3 is 3.08 bits per heavy atom. The summed E-state index contributed by atoms with van der Waals surface area (Å²) in [6.07, 6.45) is 0.389. The zero-order valence-electron chi connectivity index (χ0n) is 6.93. The van der Waals surface area contributed by atoms with Crippen molar-refractivity contribution in [2.45, 2.75) is 13.3 Å². The molecule has 0 aromatic carbocycles. The molecule has 1 aromatic rings. The maximum absolute atomic E-state index is 11.0. The third kappa shape index (κ3) is 2.20. The highest BCUT2D eigenvalue weighted by atomic mass is 35.5. The number of nitrogens with zero attached hydrogens (tertiary/aromatic N) is 1. The van der Waals surface area contributed by atoms with Crippen LogP contribution in [0.1, 0.15) is 18.9 Å². The van der Waals surface area contributed by atoms with Crippen molar-refractivity contribution < 1.29 is 4.79 Å². The molecule has 0 spiro atoms. The maximum Gasteiger partial charge on any atom is 0.224 e. The molecule has 0 saturated carbocycles. The lowest BCUT2D eigenvalue weighted by molar-refractivity contribution is -0.115. The van der Waals surface area contributed by atoms with Crippen molar-refractivity contribution in [3.8, 4) is 6.07 Å². The summed E-state index contributed by atoms with van der Waals surface area (Å²) in [6.45, 7) is 1.75. The highest BCUT2D eigenvalue weighted by Gasteiger charge is 2.10. The van der Waals surface area contributed by atoms with Gasteiger partial charge >= 0.3 is 0 Å². The number of rotatable bonds is 2. The Kier molecular flexibility index (Phi) is 3.29. The Balaban J connectivity index is 2.90. The van der Waals surface area contributed by atoms with Crippen molar-refractivity contribution in [3.63, 3.8) is 0 Å². The van der Waals surface area contributed by atoms with Crippen LogP contribution in [-0.2, 0) is 4.79 Å². The summed E-state index contributed by atoms with van der Waals surface area (Å²) in [6, 6.07) is 1.94. The van der Waals surface area contributed by atoms with Crippen LogP contribution in [0.3, 0.4) is 0 Å². The van der Waals surface area contributed by atoms with E-state index in [1.165, 1.54) is 11.3 Å². The lowest BCUT2D eigenvalue weighted by atomic mass is 10.3. The fraction of sp³-hybridized carbons (Fsp3) is 0.250. The van der Waals surface area contributed by atoms with Crippen molar-refractivity contribution in [1.82, 2.24) is 0 Å². The number of amides is 1. The number of carbonyl (C=O) groups excluding carboxylic acids is 1. The Morgan fingerprint density at radius 1 is 1.85 bits per heavy atom. The Hall–Kier alpha value is -1.05. The van der Waals surface area contributed by atoms with Gasteiger partial charge in [-0.05, 0) is 0 Å². The molecule has 0 radical (unpaired) electrons. The van der Waals surface area contributed by atoms with Crippen LogP contribution in [0.25, 0.3) is 0 Å². The van der Waals surface area contributed by atoms with Crippen LogP contribution in [-0.4, -0.2) is 5.91 Å². The van der Waals surface area contributed by atoms with E-state index in [0.717, 1.165) is 0 Å². The summed E-state index contributed by atoms with van der Waals surface area (Å²) in [5.41, 5.74) is 0.341. The molecule has 0 atom stereocenters. The number of thiophene rings is 1. The highest BCUT2D eigenvalue weighted by Crippen LogP contribution is 2.30. The molecule has 1 amide bonds. The van der Waals surface area contributed by atoms with E-state index in [-0.39, 0.29) is 5.91 Å². The minimum atomic E-state index is -0.116. The Labute approximate surface area is 84.9 Å². The molecule has 0 unspecified atom stereocenters. The minimum absolute atomic E-state index is 0.116. The molecule has 3 nitrogen and oxygen atoms in total. The van der Waals surface area contributed by atoms with Crippen LogP contribution in [0.4, 0.5) is 5.00 Å². The van der Waals surface area contributed by atoms with Gasteiger partial charge in [0.15, 0.2) is 0 Å². The quantitative estimate of drug-likeness (QED) is 0.823. The van der Waals surface area contributed by atoms with Gasteiger partial charge in [0.05, 0.1) is 5.02 Å². The first-order valence-corrected chi connectivity index (χ1v) is 4.91. The molecule has 68 valence electrons. The second-order valence-electron chi connectivity index (χ2n) is 2.30. The van der Waals surface area contributed by atoms with Gasteiger partial charge in [-0.2, -0.15) is 5.26 Å². The summed E-state index contributed by atoms with van der Waals surface area (Å²) in [5.74, 6) is -0.116. The molecular formula is C8H7ClN2OS. The lowest BCUT2D eigenvalue weighted by Crippen LogP contribution is -2.08. The number of nitriles is 1. The Morgan fingerprint density at radius 2 is 2.54 bits per heavy atom. The number of anilines is 1. The highest BCUT2D eigenvalue weighted by molar-refractivity contribution is 7.15. The normalized spacial score (nSPS) is 9.31. The summed E-state index contributed by atoms with van der Waals surface area (Å²) in [5, 5.41) is 13.8. The molecule has 0 bridgehead atoms. The van der Waals surface area contributed by atoms with E-state index in [0.29, 0.717) is 22.0 Å². The van der Waals surface area contributed by atoms with Crippen molar-refractivity contribution in [3.05, 3.63) is 16.0 Å². The minimum Gasteiger partial charge on any atom is -0.317 e. The van der Waals surface area contributed by atoms with E-state index >= 15 is 0 Å². The number of nitrogens with one attached hydrogen (secondary N) is 1. The van der Waals surface area contributed by atoms with Gasteiger partial charge in [0, 0.05) is 11.8 Å². The first-order valence-electron chi connectivity index (χ1n) is 3.66. The zero-order valence-corrected chi connectivity index (χ0v) is 8.50. The molecule has 1 N–H and O–H groups in total. The fourth-order valence-electron chi connectivity index (χ4n) is 0.748. The molecule has 0 fully saturated rings. The zero-order chi connectivity index (χ0) is 9.84. The molecule has 13 heavy (non-hydrogen) atoms. The fourth-order valence-corrected chi connectivity index (χ4v) is 1.86. The second kappa shape index (κ2) is 4.26. The molecule has 5 heteroatoms. The number of hydrogen-bond acceptors (Lipinski definition) is 3. The molecule has 1 aromatic heterocycles. The van der Waals surface area contributed by atoms with Crippen LogP contribution in [0, 0.1) is 11.3 Å². The van der Waals surface area contributed by atoms with Crippen LogP contribution in [0.5, 0.6) is 0 Å². The largest absolute Gasteiger partial charge is 0.317 e. The standard InChI is InChI=1S/C8H7ClN2OS/c1-2-7(12)11-8-5(3-10)6(9)4-13-8/h4H,2H2,1H3,(H,11,12).